The lowest BCUT2D eigenvalue weighted by Gasteiger charge is -2.29. The maximum Gasteiger partial charge on any atom is 0.176 e. The molecule has 0 saturated heterocycles. The van der Waals surface area contributed by atoms with Crippen molar-refractivity contribution in [1.82, 2.24) is 9.78 Å². The Morgan fingerprint density at radius 3 is 2.71 bits per heavy atom. The van der Waals surface area contributed by atoms with E-state index in [0.717, 1.165) is 6.42 Å². The van der Waals surface area contributed by atoms with E-state index < -0.39 is 5.92 Å². The predicted octanol–water partition coefficient (Wildman–Crippen LogP) is 1.85. The number of carbonyl (C=O) groups excluding carboxylic acids is 2. The molecule has 3 unspecified atom stereocenters. The van der Waals surface area contributed by atoms with Gasteiger partial charge in [-0.15, -0.1) is 0 Å². The molecular formula is C13H18N2O2. The maximum absolute atomic E-state index is 12.3. The standard InChI is InChI=1S/C13H18N2O2/c1-8-4-9(2)12(11(16)5-8)13(17)10-6-14-15(3)7-10/h6-9,12H,4-5H2,1-3H3. The van der Waals surface area contributed by atoms with Gasteiger partial charge in [-0.2, -0.15) is 5.10 Å². The number of nitrogens with zero attached hydrogens (tertiary/aromatic N) is 2. The van der Waals surface area contributed by atoms with Gasteiger partial charge in [0.15, 0.2) is 5.78 Å². The average Bonchev–Trinajstić information content (AvgIpc) is 2.63. The van der Waals surface area contributed by atoms with Crippen LogP contribution in [0, 0.1) is 17.8 Å². The number of rotatable bonds is 2. The summed E-state index contributed by atoms with van der Waals surface area (Å²) in [5.74, 6) is 0.0948. The van der Waals surface area contributed by atoms with Crippen LogP contribution >= 0.6 is 0 Å². The Hall–Kier alpha value is -1.45. The van der Waals surface area contributed by atoms with Gasteiger partial charge in [-0.3, -0.25) is 14.3 Å². The summed E-state index contributed by atoms with van der Waals surface area (Å²) < 4.78 is 1.59. The first-order chi connectivity index (χ1) is 7.99. The van der Waals surface area contributed by atoms with Gasteiger partial charge < -0.3 is 0 Å². The zero-order valence-corrected chi connectivity index (χ0v) is 10.5. The summed E-state index contributed by atoms with van der Waals surface area (Å²) in [5, 5.41) is 3.98. The van der Waals surface area contributed by atoms with Crippen molar-refractivity contribution in [3.63, 3.8) is 0 Å². The molecule has 1 aliphatic carbocycles. The molecule has 4 nitrogen and oxygen atoms in total. The highest BCUT2D eigenvalue weighted by Crippen LogP contribution is 2.32. The molecule has 1 aromatic rings. The first kappa shape index (κ1) is 12.0. The Kier molecular flexibility index (Phi) is 3.13. The third-order valence-electron chi connectivity index (χ3n) is 3.51. The Balaban J connectivity index is 2.21. The van der Waals surface area contributed by atoms with Gasteiger partial charge in [0, 0.05) is 19.7 Å². The Labute approximate surface area is 101 Å². The van der Waals surface area contributed by atoms with E-state index in [2.05, 4.69) is 12.0 Å². The Morgan fingerprint density at radius 1 is 1.47 bits per heavy atom. The molecule has 1 aliphatic rings. The largest absolute Gasteiger partial charge is 0.299 e. The fourth-order valence-electron chi connectivity index (χ4n) is 2.77. The first-order valence-electron chi connectivity index (χ1n) is 6.04. The van der Waals surface area contributed by atoms with Crippen LogP contribution in [0.3, 0.4) is 0 Å². The van der Waals surface area contributed by atoms with Crippen LogP contribution in [-0.2, 0) is 11.8 Å². The van der Waals surface area contributed by atoms with E-state index in [1.807, 2.05) is 6.92 Å². The van der Waals surface area contributed by atoms with Gasteiger partial charge in [-0.25, -0.2) is 0 Å². The Morgan fingerprint density at radius 2 is 2.18 bits per heavy atom. The SMILES string of the molecule is CC1CC(=O)C(C(=O)c2cnn(C)c2)C(C)C1. The quantitative estimate of drug-likeness (QED) is 0.579. The van der Waals surface area contributed by atoms with Gasteiger partial charge in [0.2, 0.25) is 0 Å². The van der Waals surface area contributed by atoms with Crippen molar-refractivity contribution < 1.29 is 9.59 Å². The normalized spacial score (nSPS) is 29.4. The molecule has 1 aromatic heterocycles. The van der Waals surface area contributed by atoms with Crippen molar-refractivity contribution in [2.75, 3.05) is 0 Å². The summed E-state index contributed by atoms with van der Waals surface area (Å²) in [4.78, 5) is 24.3. The highest BCUT2D eigenvalue weighted by molar-refractivity contribution is 6.11. The number of ketones is 2. The van der Waals surface area contributed by atoms with Crippen LogP contribution in [0.25, 0.3) is 0 Å². The molecule has 1 saturated carbocycles. The van der Waals surface area contributed by atoms with Crippen LogP contribution in [0.15, 0.2) is 12.4 Å². The van der Waals surface area contributed by atoms with Gasteiger partial charge in [-0.1, -0.05) is 13.8 Å². The molecule has 3 atom stereocenters. The van der Waals surface area contributed by atoms with E-state index in [9.17, 15) is 9.59 Å². The lowest BCUT2D eigenvalue weighted by atomic mass is 9.72. The Bertz CT molecular complexity index is 450. The van der Waals surface area contributed by atoms with Crippen LogP contribution < -0.4 is 0 Å². The first-order valence-corrected chi connectivity index (χ1v) is 6.04. The van der Waals surface area contributed by atoms with Gasteiger partial charge in [0.05, 0.1) is 17.7 Å². The van der Waals surface area contributed by atoms with E-state index in [1.54, 1.807) is 24.1 Å². The number of aromatic nitrogens is 2. The molecule has 0 aromatic carbocycles. The molecule has 4 heteroatoms. The zero-order chi connectivity index (χ0) is 12.6. The van der Waals surface area contributed by atoms with Crippen LogP contribution in [0.1, 0.15) is 37.0 Å². The van der Waals surface area contributed by atoms with Crippen LogP contribution in [0.5, 0.6) is 0 Å². The van der Waals surface area contributed by atoms with E-state index in [0.29, 0.717) is 17.9 Å². The topological polar surface area (TPSA) is 52.0 Å². The second kappa shape index (κ2) is 4.43. The van der Waals surface area contributed by atoms with Gasteiger partial charge in [0.1, 0.15) is 5.78 Å². The molecule has 2 rings (SSSR count). The van der Waals surface area contributed by atoms with Gasteiger partial charge in [-0.05, 0) is 18.3 Å². The molecule has 0 amide bonds. The lowest BCUT2D eigenvalue weighted by Crippen LogP contribution is -2.36. The monoisotopic (exact) mass is 234 g/mol. The second-order valence-electron chi connectivity index (χ2n) is 5.23. The summed E-state index contributed by atoms with van der Waals surface area (Å²) in [6.45, 7) is 4.06. The summed E-state index contributed by atoms with van der Waals surface area (Å²) in [6, 6.07) is 0. The molecule has 0 aliphatic heterocycles. The number of carbonyl (C=O) groups is 2. The van der Waals surface area contributed by atoms with Gasteiger partial charge >= 0.3 is 0 Å². The van der Waals surface area contributed by atoms with E-state index in [1.165, 1.54) is 0 Å². The number of hydrogen-bond donors (Lipinski definition) is 0. The van der Waals surface area contributed by atoms with Crippen LogP contribution in [-0.4, -0.2) is 21.3 Å². The summed E-state index contributed by atoms with van der Waals surface area (Å²) >= 11 is 0. The molecule has 1 fully saturated rings. The van der Waals surface area contributed by atoms with Crippen LogP contribution in [0.4, 0.5) is 0 Å². The van der Waals surface area contributed by atoms with Gasteiger partial charge in [0.25, 0.3) is 0 Å². The highest BCUT2D eigenvalue weighted by Gasteiger charge is 2.37. The summed E-state index contributed by atoms with van der Waals surface area (Å²) in [5.41, 5.74) is 0.548. The molecule has 0 radical (unpaired) electrons. The van der Waals surface area contributed by atoms with Crippen LogP contribution in [0.2, 0.25) is 0 Å². The second-order valence-corrected chi connectivity index (χ2v) is 5.23. The molecule has 92 valence electrons. The molecular weight excluding hydrogens is 216 g/mol. The van der Waals surface area contributed by atoms with Crippen molar-refractivity contribution in [3.05, 3.63) is 18.0 Å². The predicted molar refractivity (Wildman–Crippen MR) is 63.6 cm³/mol. The van der Waals surface area contributed by atoms with E-state index in [-0.39, 0.29) is 17.5 Å². The summed E-state index contributed by atoms with van der Waals surface area (Å²) in [7, 11) is 1.77. The lowest BCUT2D eigenvalue weighted by molar-refractivity contribution is -0.125. The highest BCUT2D eigenvalue weighted by atomic mass is 16.2. The zero-order valence-electron chi connectivity index (χ0n) is 10.5. The fourth-order valence-corrected chi connectivity index (χ4v) is 2.77. The number of Topliss-reactive ketones (excluding diaryl/α,β-unsaturated/α-hetero) is 2. The average molecular weight is 234 g/mol. The van der Waals surface area contributed by atoms with Crippen molar-refractivity contribution in [1.29, 1.82) is 0 Å². The molecule has 1 heterocycles. The van der Waals surface area contributed by atoms with Crippen molar-refractivity contribution >= 4 is 11.6 Å². The molecule has 0 spiro atoms. The van der Waals surface area contributed by atoms with E-state index in [4.69, 9.17) is 0 Å². The maximum atomic E-state index is 12.3. The molecule has 0 bridgehead atoms. The number of hydrogen-bond acceptors (Lipinski definition) is 3. The molecule has 0 N–H and O–H groups in total. The van der Waals surface area contributed by atoms with Crippen molar-refractivity contribution in [3.8, 4) is 0 Å². The van der Waals surface area contributed by atoms with E-state index >= 15 is 0 Å². The number of aryl methyl sites for hydroxylation is 1. The minimum Gasteiger partial charge on any atom is -0.299 e. The van der Waals surface area contributed by atoms with Crippen molar-refractivity contribution in [2.45, 2.75) is 26.7 Å². The minimum absolute atomic E-state index is 0.0671. The fraction of sp³-hybridized carbons (Fsp3) is 0.615. The third-order valence-corrected chi connectivity index (χ3v) is 3.51. The van der Waals surface area contributed by atoms with Crippen molar-refractivity contribution in [2.24, 2.45) is 24.8 Å². The third kappa shape index (κ3) is 2.30. The molecule has 17 heavy (non-hydrogen) atoms. The smallest absolute Gasteiger partial charge is 0.176 e. The summed E-state index contributed by atoms with van der Waals surface area (Å²) in [6.07, 6.45) is 4.70. The minimum atomic E-state index is -0.463.